The zero-order chi connectivity index (χ0) is 15.9. The van der Waals surface area contributed by atoms with Crippen molar-refractivity contribution in [2.75, 3.05) is 27.4 Å². The molecule has 0 atom stereocenters. The predicted octanol–water partition coefficient (Wildman–Crippen LogP) is 1.10. The van der Waals surface area contributed by atoms with Crippen molar-refractivity contribution in [1.82, 2.24) is 4.72 Å². The fourth-order valence-electron chi connectivity index (χ4n) is 1.68. The second-order valence-corrected chi connectivity index (χ2v) is 6.00. The number of ether oxygens (including phenoxy) is 2. The molecule has 0 aliphatic heterocycles. The molecule has 0 saturated heterocycles. The highest BCUT2D eigenvalue weighted by molar-refractivity contribution is 7.89. The summed E-state index contributed by atoms with van der Waals surface area (Å²) in [6.45, 7) is 0.841. The minimum Gasteiger partial charge on any atom is -0.495 e. The zero-order valence-corrected chi connectivity index (χ0v) is 12.8. The Balaban J connectivity index is 2.85. The van der Waals surface area contributed by atoms with Crippen LogP contribution in [0.1, 0.15) is 23.2 Å². The molecule has 0 saturated carbocycles. The Morgan fingerprint density at radius 3 is 2.57 bits per heavy atom. The molecule has 0 unspecified atom stereocenters. The van der Waals surface area contributed by atoms with Gasteiger partial charge in [0.2, 0.25) is 10.0 Å². The second kappa shape index (κ2) is 7.96. The van der Waals surface area contributed by atoms with Gasteiger partial charge in [0.05, 0.1) is 12.7 Å². The minimum atomic E-state index is -3.74. The van der Waals surface area contributed by atoms with Crippen molar-refractivity contribution in [1.29, 1.82) is 0 Å². The summed E-state index contributed by atoms with van der Waals surface area (Å²) in [6.07, 6.45) is 1.39. The van der Waals surface area contributed by atoms with Gasteiger partial charge < -0.3 is 14.6 Å². The maximum Gasteiger partial charge on any atom is 0.335 e. The summed E-state index contributed by atoms with van der Waals surface area (Å²) < 4.78 is 36.6. The lowest BCUT2D eigenvalue weighted by atomic mass is 10.2. The molecular formula is C13H19NO6S. The van der Waals surface area contributed by atoms with Gasteiger partial charge >= 0.3 is 5.97 Å². The highest BCUT2D eigenvalue weighted by Gasteiger charge is 2.20. The Labute approximate surface area is 123 Å². The van der Waals surface area contributed by atoms with E-state index < -0.39 is 16.0 Å². The van der Waals surface area contributed by atoms with Gasteiger partial charge in [0.25, 0.3) is 0 Å². The monoisotopic (exact) mass is 317 g/mol. The van der Waals surface area contributed by atoms with Crippen LogP contribution in [0.4, 0.5) is 0 Å². The number of hydrogen-bond acceptors (Lipinski definition) is 5. The van der Waals surface area contributed by atoms with Gasteiger partial charge in [0, 0.05) is 20.3 Å². The van der Waals surface area contributed by atoms with Crippen LogP contribution in [0.15, 0.2) is 23.1 Å². The highest BCUT2D eigenvalue weighted by atomic mass is 32.2. The van der Waals surface area contributed by atoms with E-state index in [-0.39, 0.29) is 22.8 Å². The largest absolute Gasteiger partial charge is 0.495 e. The first-order valence-electron chi connectivity index (χ1n) is 6.32. The van der Waals surface area contributed by atoms with Gasteiger partial charge in [0.15, 0.2) is 0 Å². The molecule has 0 spiro atoms. The number of benzene rings is 1. The molecule has 0 aromatic heterocycles. The first-order chi connectivity index (χ1) is 9.92. The zero-order valence-electron chi connectivity index (χ0n) is 12.0. The smallest absolute Gasteiger partial charge is 0.335 e. The van der Waals surface area contributed by atoms with E-state index in [1.54, 1.807) is 7.11 Å². The summed E-state index contributed by atoms with van der Waals surface area (Å²) in [7, 11) is -0.869. The van der Waals surface area contributed by atoms with Crippen LogP contribution >= 0.6 is 0 Å². The molecule has 0 radical (unpaired) electrons. The van der Waals surface area contributed by atoms with Crippen LogP contribution in [0, 0.1) is 0 Å². The van der Waals surface area contributed by atoms with Gasteiger partial charge in [0.1, 0.15) is 10.6 Å². The number of unbranched alkanes of at least 4 members (excludes halogenated alkanes) is 1. The SMILES string of the molecule is COCCCCNS(=O)(=O)c1ccc(C(=O)O)cc1OC. The molecule has 7 nitrogen and oxygen atoms in total. The first-order valence-corrected chi connectivity index (χ1v) is 7.80. The Bertz CT molecular complexity index is 584. The first kappa shape index (κ1) is 17.4. The average Bonchev–Trinajstić information content (AvgIpc) is 2.46. The van der Waals surface area contributed by atoms with Crippen molar-refractivity contribution < 1.29 is 27.8 Å². The van der Waals surface area contributed by atoms with Crippen LogP contribution in [0.3, 0.4) is 0 Å². The maximum atomic E-state index is 12.2. The normalized spacial score (nSPS) is 11.3. The molecule has 1 rings (SSSR count). The van der Waals surface area contributed by atoms with Crippen LogP contribution < -0.4 is 9.46 Å². The predicted molar refractivity (Wildman–Crippen MR) is 76.3 cm³/mol. The van der Waals surface area contributed by atoms with Gasteiger partial charge in [-0.15, -0.1) is 0 Å². The summed E-state index contributed by atoms with van der Waals surface area (Å²) in [5, 5.41) is 8.89. The van der Waals surface area contributed by atoms with Crippen molar-refractivity contribution in [3.05, 3.63) is 23.8 Å². The minimum absolute atomic E-state index is 0.000656. The van der Waals surface area contributed by atoms with E-state index in [9.17, 15) is 13.2 Å². The average molecular weight is 317 g/mol. The van der Waals surface area contributed by atoms with E-state index in [4.69, 9.17) is 14.6 Å². The van der Waals surface area contributed by atoms with E-state index in [1.807, 2.05) is 0 Å². The lowest BCUT2D eigenvalue weighted by Gasteiger charge is -2.11. The summed E-state index contributed by atoms with van der Waals surface area (Å²) in [5.74, 6) is -1.15. The molecule has 118 valence electrons. The summed E-state index contributed by atoms with van der Waals surface area (Å²) in [6, 6.07) is 3.63. The van der Waals surface area contributed by atoms with E-state index >= 15 is 0 Å². The van der Waals surface area contributed by atoms with Crippen molar-refractivity contribution in [2.24, 2.45) is 0 Å². The third-order valence-corrected chi connectivity index (χ3v) is 4.27. The van der Waals surface area contributed by atoms with Crippen molar-refractivity contribution >= 4 is 16.0 Å². The van der Waals surface area contributed by atoms with Gasteiger partial charge in [-0.25, -0.2) is 17.9 Å². The van der Waals surface area contributed by atoms with Crippen LogP contribution in [-0.4, -0.2) is 46.9 Å². The Hall–Kier alpha value is -1.64. The molecule has 0 aliphatic rings. The van der Waals surface area contributed by atoms with Crippen molar-refractivity contribution in [2.45, 2.75) is 17.7 Å². The van der Waals surface area contributed by atoms with Gasteiger partial charge in [-0.05, 0) is 31.0 Å². The Kier molecular flexibility index (Phi) is 6.60. The lowest BCUT2D eigenvalue weighted by Crippen LogP contribution is -2.25. The van der Waals surface area contributed by atoms with Crippen LogP contribution in [0.2, 0.25) is 0 Å². The number of nitrogens with one attached hydrogen (secondary N) is 1. The fourth-order valence-corrected chi connectivity index (χ4v) is 2.90. The van der Waals surface area contributed by atoms with Crippen molar-refractivity contribution in [3.8, 4) is 5.75 Å². The fraction of sp³-hybridized carbons (Fsp3) is 0.462. The number of hydrogen-bond donors (Lipinski definition) is 2. The third kappa shape index (κ3) is 5.00. The number of carboxylic acids is 1. The summed E-state index contributed by atoms with van der Waals surface area (Å²) in [4.78, 5) is 10.8. The number of methoxy groups -OCH3 is 2. The maximum absolute atomic E-state index is 12.2. The van der Waals surface area contributed by atoms with Gasteiger partial charge in [-0.1, -0.05) is 0 Å². The summed E-state index contributed by atoms with van der Waals surface area (Å²) in [5.41, 5.74) is -0.0362. The van der Waals surface area contributed by atoms with E-state index in [1.165, 1.54) is 25.3 Å². The Morgan fingerprint density at radius 1 is 1.29 bits per heavy atom. The quantitative estimate of drug-likeness (QED) is 0.661. The van der Waals surface area contributed by atoms with E-state index in [0.29, 0.717) is 13.0 Å². The molecule has 1 aromatic carbocycles. The van der Waals surface area contributed by atoms with Crippen LogP contribution in [0.25, 0.3) is 0 Å². The van der Waals surface area contributed by atoms with E-state index in [0.717, 1.165) is 6.42 Å². The van der Waals surface area contributed by atoms with Crippen LogP contribution in [0.5, 0.6) is 5.75 Å². The second-order valence-electron chi connectivity index (χ2n) is 4.27. The van der Waals surface area contributed by atoms with Crippen molar-refractivity contribution in [3.63, 3.8) is 0 Å². The molecule has 0 bridgehead atoms. The molecule has 1 aromatic rings. The molecular weight excluding hydrogens is 298 g/mol. The molecule has 0 heterocycles. The molecule has 2 N–H and O–H groups in total. The Morgan fingerprint density at radius 2 is 2.00 bits per heavy atom. The number of rotatable bonds is 9. The topological polar surface area (TPSA) is 102 Å². The summed E-state index contributed by atoms with van der Waals surface area (Å²) >= 11 is 0. The number of carboxylic acid groups (broad SMARTS) is 1. The van der Waals surface area contributed by atoms with E-state index in [2.05, 4.69) is 4.72 Å². The molecule has 0 aliphatic carbocycles. The number of sulfonamides is 1. The highest BCUT2D eigenvalue weighted by Crippen LogP contribution is 2.24. The molecule has 8 heteroatoms. The number of carbonyl (C=O) groups is 1. The van der Waals surface area contributed by atoms with Gasteiger partial charge in [-0.3, -0.25) is 0 Å². The standard InChI is InChI=1S/C13H19NO6S/c1-19-8-4-3-7-14-21(17,18)12-6-5-10(13(15)16)9-11(12)20-2/h5-6,9,14H,3-4,7-8H2,1-2H3,(H,15,16). The molecule has 0 fully saturated rings. The lowest BCUT2D eigenvalue weighted by molar-refractivity contribution is 0.0696. The number of aromatic carboxylic acids is 1. The molecule has 21 heavy (non-hydrogen) atoms. The van der Waals surface area contributed by atoms with Crippen LogP contribution in [-0.2, 0) is 14.8 Å². The molecule has 0 amide bonds. The third-order valence-electron chi connectivity index (χ3n) is 2.77. The van der Waals surface area contributed by atoms with Gasteiger partial charge in [-0.2, -0.15) is 0 Å².